The Kier molecular flexibility index (Phi) is 6.24. The van der Waals surface area contributed by atoms with Crippen molar-refractivity contribution in [3.8, 4) is 11.5 Å². The van der Waals surface area contributed by atoms with E-state index in [4.69, 9.17) is 9.47 Å². The third kappa shape index (κ3) is 4.30. The van der Waals surface area contributed by atoms with Crippen LogP contribution in [0, 0.1) is 0 Å². The van der Waals surface area contributed by atoms with Gasteiger partial charge >= 0.3 is 0 Å². The van der Waals surface area contributed by atoms with Crippen molar-refractivity contribution in [2.75, 3.05) is 26.8 Å². The molecule has 1 saturated heterocycles. The SMILES string of the molecule is CCOc1ccccc1CCC(=O)N1CC(S(=O)(=O)c2ccc(OC)cc2)C1. The second kappa shape index (κ2) is 8.65. The molecule has 2 aromatic carbocycles. The van der Waals surface area contributed by atoms with E-state index >= 15 is 0 Å². The van der Waals surface area contributed by atoms with Crippen LogP contribution >= 0.6 is 0 Å². The molecule has 2 aromatic rings. The maximum Gasteiger partial charge on any atom is 0.222 e. The van der Waals surface area contributed by atoms with E-state index in [1.807, 2.05) is 31.2 Å². The second-order valence-corrected chi connectivity index (χ2v) is 8.91. The number of para-hydroxylation sites is 1. The minimum Gasteiger partial charge on any atom is -0.497 e. The first-order chi connectivity index (χ1) is 13.5. The topological polar surface area (TPSA) is 72.9 Å². The molecule has 0 N–H and O–H groups in total. The largest absolute Gasteiger partial charge is 0.497 e. The first kappa shape index (κ1) is 20.2. The monoisotopic (exact) mass is 403 g/mol. The van der Waals surface area contributed by atoms with Crippen LogP contribution in [-0.4, -0.2) is 51.3 Å². The summed E-state index contributed by atoms with van der Waals surface area (Å²) in [6.45, 7) is 2.97. The predicted molar refractivity (Wildman–Crippen MR) is 106 cm³/mol. The zero-order valence-corrected chi connectivity index (χ0v) is 16.9. The highest BCUT2D eigenvalue weighted by molar-refractivity contribution is 7.92. The Balaban J connectivity index is 1.55. The summed E-state index contributed by atoms with van der Waals surface area (Å²) >= 11 is 0. The highest BCUT2D eigenvalue weighted by Gasteiger charge is 2.40. The summed E-state index contributed by atoms with van der Waals surface area (Å²) in [6, 6.07) is 14.0. The van der Waals surface area contributed by atoms with Crippen LogP contribution in [0.1, 0.15) is 18.9 Å². The number of hydrogen-bond donors (Lipinski definition) is 0. The lowest BCUT2D eigenvalue weighted by atomic mass is 10.1. The average Bonchev–Trinajstić information content (AvgIpc) is 2.66. The lowest BCUT2D eigenvalue weighted by Crippen LogP contribution is -2.56. The second-order valence-electron chi connectivity index (χ2n) is 6.68. The lowest BCUT2D eigenvalue weighted by molar-refractivity contribution is -0.134. The molecule has 1 amide bonds. The molecule has 1 aliphatic rings. The van der Waals surface area contributed by atoms with Crippen LogP contribution < -0.4 is 9.47 Å². The molecule has 0 unspecified atom stereocenters. The Hall–Kier alpha value is -2.54. The zero-order chi connectivity index (χ0) is 20.1. The summed E-state index contributed by atoms with van der Waals surface area (Å²) in [5, 5.41) is -0.555. The maximum atomic E-state index is 12.7. The van der Waals surface area contributed by atoms with E-state index < -0.39 is 15.1 Å². The molecule has 0 radical (unpaired) electrons. The first-order valence-electron chi connectivity index (χ1n) is 9.32. The van der Waals surface area contributed by atoms with Crippen LogP contribution in [0.15, 0.2) is 53.4 Å². The fourth-order valence-electron chi connectivity index (χ4n) is 3.20. The van der Waals surface area contributed by atoms with Gasteiger partial charge in [-0.15, -0.1) is 0 Å². The molecule has 150 valence electrons. The van der Waals surface area contributed by atoms with Gasteiger partial charge in [0, 0.05) is 19.5 Å². The number of nitrogens with zero attached hydrogens (tertiary/aromatic N) is 1. The van der Waals surface area contributed by atoms with Crippen molar-refractivity contribution in [1.29, 1.82) is 0 Å². The number of sulfone groups is 1. The van der Waals surface area contributed by atoms with E-state index in [0.717, 1.165) is 11.3 Å². The minimum atomic E-state index is -3.44. The van der Waals surface area contributed by atoms with Gasteiger partial charge in [0.05, 0.1) is 18.6 Å². The minimum absolute atomic E-state index is 0.0347. The van der Waals surface area contributed by atoms with E-state index in [-0.39, 0.29) is 23.9 Å². The van der Waals surface area contributed by atoms with Crippen LogP contribution in [0.2, 0.25) is 0 Å². The molecule has 1 aliphatic heterocycles. The summed E-state index contributed by atoms with van der Waals surface area (Å²) in [4.78, 5) is 14.3. The number of benzene rings is 2. The van der Waals surface area contributed by atoms with Crippen LogP contribution in [0.5, 0.6) is 11.5 Å². The number of amides is 1. The number of aryl methyl sites for hydroxylation is 1. The van der Waals surface area contributed by atoms with E-state index in [2.05, 4.69) is 0 Å². The number of carbonyl (C=O) groups excluding carboxylic acids is 1. The Labute approximate surface area is 166 Å². The number of carbonyl (C=O) groups is 1. The van der Waals surface area contributed by atoms with Gasteiger partial charge in [-0.05, 0) is 49.2 Å². The van der Waals surface area contributed by atoms with Crippen LogP contribution in [-0.2, 0) is 21.1 Å². The van der Waals surface area contributed by atoms with Gasteiger partial charge in [0.25, 0.3) is 0 Å². The summed E-state index contributed by atoms with van der Waals surface area (Å²) in [7, 11) is -1.91. The predicted octanol–water partition coefficient (Wildman–Crippen LogP) is 2.71. The molecule has 0 bridgehead atoms. The normalized spacial score (nSPS) is 14.4. The number of hydrogen-bond acceptors (Lipinski definition) is 5. The van der Waals surface area contributed by atoms with Gasteiger partial charge in [-0.25, -0.2) is 8.42 Å². The molecule has 0 aliphatic carbocycles. The lowest BCUT2D eigenvalue weighted by Gasteiger charge is -2.38. The molecule has 1 heterocycles. The van der Waals surface area contributed by atoms with Crippen molar-refractivity contribution in [1.82, 2.24) is 4.90 Å². The molecule has 1 fully saturated rings. The molecular formula is C21H25NO5S. The Morgan fingerprint density at radius 3 is 2.43 bits per heavy atom. The summed E-state index contributed by atoms with van der Waals surface area (Å²) in [6.07, 6.45) is 0.904. The first-order valence-corrected chi connectivity index (χ1v) is 10.9. The molecule has 6 nitrogen and oxygen atoms in total. The third-order valence-electron chi connectivity index (χ3n) is 4.91. The van der Waals surface area contributed by atoms with Gasteiger partial charge in [0.15, 0.2) is 9.84 Å². The molecule has 0 spiro atoms. The molecule has 28 heavy (non-hydrogen) atoms. The van der Waals surface area contributed by atoms with Crippen molar-refractivity contribution >= 4 is 15.7 Å². The molecule has 0 atom stereocenters. The number of rotatable bonds is 8. The van der Waals surface area contributed by atoms with Gasteiger partial charge in [-0.2, -0.15) is 0 Å². The van der Waals surface area contributed by atoms with Gasteiger partial charge in [-0.3, -0.25) is 4.79 Å². The number of likely N-dealkylation sites (tertiary alicyclic amines) is 1. The standard InChI is InChI=1S/C21H25NO5S/c1-3-27-20-7-5-4-6-16(20)8-13-21(23)22-14-19(15-22)28(24,25)18-11-9-17(26-2)10-12-18/h4-7,9-12,19H,3,8,13-15H2,1-2H3. The van der Waals surface area contributed by atoms with Crippen LogP contribution in [0.25, 0.3) is 0 Å². The van der Waals surface area contributed by atoms with E-state index in [9.17, 15) is 13.2 Å². The van der Waals surface area contributed by atoms with Crippen molar-refractivity contribution in [3.63, 3.8) is 0 Å². The van der Waals surface area contributed by atoms with Crippen molar-refractivity contribution in [2.45, 2.75) is 29.9 Å². The van der Waals surface area contributed by atoms with Gasteiger partial charge in [0.2, 0.25) is 5.91 Å². The maximum absolute atomic E-state index is 12.7. The average molecular weight is 404 g/mol. The Bertz CT molecular complexity index is 918. The number of methoxy groups -OCH3 is 1. The van der Waals surface area contributed by atoms with Crippen molar-refractivity contribution < 1.29 is 22.7 Å². The zero-order valence-electron chi connectivity index (χ0n) is 16.1. The number of ether oxygens (including phenoxy) is 2. The van der Waals surface area contributed by atoms with E-state index in [0.29, 0.717) is 25.2 Å². The highest BCUT2D eigenvalue weighted by Crippen LogP contribution is 2.26. The van der Waals surface area contributed by atoms with Gasteiger partial charge in [0.1, 0.15) is 16.7 Å². The Morgan fingerprint density at radius 2 is 1.79 bits per heavy atom. The smallest absolute Gasteiger partial charge is 0.222 e. The molecule has 7 heteroatoms. The van der Waals surface area contributed by atoms with Gasteiger partial charge < -0.3 is 14.4 Å². The van der Waals surface area contributed by atoms with Crippen LogP contribution in [0.4, 0.5) is 0 Å². The van der Waals surface area contributed by atoms with Gasteiger partial charge in [-0.1, -0.05) is 18.2 Å². The molecule has 3 rings (SSSR count). The molecule has 0 saturated carbocycles. The van der Waals surface area contributed by atoms with E-state index in [1.165, 1.54) is 7.11 Å². The summed E-state index contributed by atoms with van der Waals surface area (Å²) in [5.74, 6) is 1.37. The van der Waals surface area contributed by atoms with Crippen molar-refractivity contribution in [2.24, 2.45) is 0 Å². The fourth-order valence-corrected chi connectivity index (χ4v) is 4.86. The van der Waals surface area contributed by atoms with E-state index in [1.54, 1.807) is 29.2 Å². The van der Waals surface area contributed by atoms with Crippen molar-refractivity contribution in [3.05, 3.63) is 54.1 Å². The summed E-state index contributed by atoms with van der Waals surface area (Å²) < 4.78 is 36.0. The highest BCUT2D eigenvalue weighted by atomic mass is 32.2. The fraction of sp³-hybridized carbons (Fsp3) is 0.381. The Morgan fingerprint density at radius 1 is 1.11 bits per heavy atom. The molecule has 0 aromatic heterocycles. The summed E-state index contributed by atoms with van der Waals surface area (Å²) in [5.41, 5.74) is 0.987. The quantitative estimate of drug-likeness (QED) is 0.678. The molecular weight excluding hydrogens is 378 g/mol. The van der Waals surface area contributed by atoms with Crippen LogP contribution in [0.3, 0.4) is 0 Å². The third-order valence-corrected chi connectivity index (χ3v) is 7.01.